The van der Waals surface area contributed by atoms with E-state index in [0.29, 0.717) is 23.9 Å². The van der Waals surface area contributed by atoms with Gasteiger partial charge >= 0.3 is 0 Å². The van der Waals surface area contributed by atoms with Crippen LogP contribution in [0.3, 0.4) is 0 Å². The molecule has 0 saturated carbocycles. The second-order valence-electron chi connectivity index (χ2n) is 7.09. The molecule has 6 heteroatoms. The molecule has 29 heavy (non-hydrogen) atoms. The maximum absolute atomic E-state index is 12.9. The van der Waals surface area contributed by atoms with Crippen molar-refractivity contribution in [3.63, 3.8) is 0 Å². The summed E-state index contributed by atoms with van der Waals surface area (Å²) in [6, 6.07) is 17.2. The number of carbonyl (C=O) groups is 1. The maximum atomic E-state index is 12.9. The Morgan fingerprint density at radius 2 is 1.83 bits per heavy atom. The topological polar surface area (TPSA) is 45.9 Å². The first-order valence-electron chi connectivity index (χ1n) is 9.38. The Morgan fingerprint density at radius 1 is 1.07 bits per heavy atom. The summed E-state index contributed by atoms with van der Waals surface area (Å²) in [5.74, 6) is 1.23. The predicted octanol–water partition coefficient (Wildman–Crippen LogP) is 4.92. The molecule has 0 bridgehead atoms. The van der Waals surface area contributed by atoms with E-state index in [2.05, 4.69) is 0 Å². The molecule has 0 saturated heterocycles. The number of rotatable bonds is 8. The molecule has 5 nitrogen and oxygen atoms in total. The van der Waals surface area contributed by atoms with Crippen molar-refractivity contribution in [2.24, 2.45) is 0 Å². The molecule has 0 aliphatic carbocycles. The average molecular weight is 413 g/mol. The van der Waals surface area contributed by atoms with Gasteiger partial charge in [-0.05, 0) is 60.5 Å². The summed E-state index contributed by atoms with van der Waals surface area (Å²) in [5, 5.41) is 0.671. The summed E-state index contributed by atoms with van der Waals surface area (Å²) in [4.78, 5) is 16.7. The molecular formula is C23H25ClN2O3. The molecule has 3 rings (SSSR count). The Kier molecular flexibility index (Phi) is 6.83. The number of hydrogen-bond acceptors (Lipinski definition) is 4. The number of furan rings is 1. The third-order valence-corrected chi connectivity index (χ3v) is 5.02. The van der Waals surface area contributed by atoms with Crippen molar-refractivity contribution in [1.82, 2.24) is 4.90 Å². The first kappa shape index (κ1) is 20.8. The van der Waals surface area contributed by atoms with E-state index >= 15 is 0 Å². The van der Waals surface area contributed by atoms with Crippen LogP contribution in [0, 0.1) is 6.92 Å². The van der Waals surface area contributed by atoms with Crippen LogP contribution in [-0.4, -0.2) is 31.5 Å². The van der Waals surface area contributed by atoms with Crippen LogP contribution in [0.2, 0.25) is 5.02 Å². The monoisotopic (exact) mass is 412 g/mol. The van der Waals surface area contributed by atoms with E-state index in [1.807, 2.05) is 68.4 Å². The van der Waals surface area contributed by atoms with Crippen LogP contribution in [-0.2, 0) is 17.9 Å². The molecule has 3 aromatic rings. The molecule has 1 heterocycles. The van der Waals surface area contributed by atoms with Gasteiger partial charge in [0.2, 0.25) is 0 Å². The summed E-state index contributed by atoms with van der Waals surface area (Å²) in [7, 11) is 4.00. The van der Waals surface area contributed by atoms with E-state index in [-0.39, 0.29) is 12.5 Å². The minimum Gasteiger partial charge on any atom is -0.484 e. The van der Waals surface area contributed by atoms with E-state index in [9.17, 15) is 4.79 Å². The van der Waals surface area contributed by atoms with Gasteiger partial charge in [-0.2, -0.15) is 0 Å². The van der Waals surface area contributed by atoms with Crippen LogP contribution < -0.4 is 9.64 Å². The van der Waals surface area contributed by atoms with Crippen molar-refractivity contribution in [3.8, 4) is 5.75 Å². The molecular weight excluding hydrogens is 388 g/mol. The van der Waals surface area contributed by atoms with E-state index in [1.165, 1.54) is 0 Å². The fraction of sp³-hybridized carbons (Fsp3) is 0.261. The lowest BCUT2D eigenvalue weighted by Gasteiger charge is -2.22. The highest BCUT2D eigenvalue weighted by atomic mass is 35.5. The van der Waals surface area contributed by atoms with E-state index < -0.39 is 0 Å². The standard InChI is InChI=1S/C23H25ClN2O3/c1-17-13-20(10-11-22(17)24)29-16-23(27)26(15-21-5-4-12-28-21)14-18-6-8-19(9-7-18)25(2)3/h4-13H,14-16H2,1-3H3. The Labute approximate surface area is 176 Å². The molecule has 0 unspecified atom stereocenters. The van der Waals surface area contributed by atoms with Crippen LogP contribution in [0.5, 0.6) is 5.75 Å². The molecule has 0 radical (unpaired) electrons. The largest absolute Gasteiger partial charge is 0.484 e. The van der Waals surface area contributed by atoms with E-state index in [0.717, 1.165) is 22.6 Å². The van der Waals surface area contributed by atoms with Crippen LogP contribution in [0.25, 0.3) is 0 Å². The SMILES string of the molecule is Cc1cc(OCC(=O)N(Cc2ccc(N(C)C)cc2)Cc2ccco2)ccc1Cl. The quantitative estimate of drug-likeness (QED) is 0.527. The van der Waals surface area contributed by atoms with Gasteiger partial charge in [-0.1, -0.05) is 23.7 Å². The highest BCUT2D eigenvalue weighted by molar-refractivity contribution is 6.31. The molecule has 1 amide bonds. The van der Waals surface area contributed by atoms with Crippen LogP contribution in [0.15, 0.2) is 65.3 Å². The summed E-state index contributed by atoms with van der Waals surface area (Å²) < 4.78 is 11.1. The third kappa shape index (κ3) is 5.78. The first-order valence-corrected chi connectivity index (χ1v) is 9.75. The zero-order valence-corrected chi connectivity index (χ0v) is 17.6. The second-order valence-corrected chi connectivity index (χ2v) is 7.50. The van der Waals surface area contributed by atoms with Crippen molar-refractivity contribution >= 4 is 23.2 Å². The lowest BCUT2D eigenvalue weighted by Crippen LogP contribution is -2.34. The molecule has 0 N–H and O–H groups in total. The lowest BCUT2D eigenvalue weighted by atomic mass is 10.2. The molecule has 0 aliphatic rings. The van der Waals surface area contributed by atoms with Gasteiger partial charge in [-0.3, -0.25) is 4.79 Å². The molecule has 1 aromatic heterocycles. The number of nitrogens with zero attached hydrogens (tertiary/aromatic N) is 2. The van der Waals surface area contributed by atoms with Crippen LogP contribution >= 0.6 is 11.6 Å². The van der Waals surface area contributed by atoms with Gasteiger partial charge in [-0.15, -0.1) is 0 Å². The summed E-state index contributed by atoms with van der Waals surface area (Å²) in [5.41, 5.74) is 3.06. The van der Waals surface area contributed by atoms with Crippen molar-refractivity contribution in [3.05, 3.63) is 82.8 Å². The smallest absolute Gasteiger partial charge is 0.261 e. The number of carbonyl (C=O) groups excluding carboxylic acids is 1. The van der Waals surface area contributed by atoms with Gasteiger partial charge in [0.25, 0.3) is 5.91 Å². The highest BCUT2D eigenvalue weighted by Crippen LogP contribution is 2.21. The molecule has 152 valence electrons. The molecule has 2 aromatic carbocycles. The number of benzene rings is 2. The number of halogens is 1. The molecule has 0 aliphatic heterocycles. The fourth-order valence-electron chi connectivity index (χ4n) is 2.89. The zero-order chi connectivity index (χ0) is 20.8. The Morgan fingerprint density at radius 3 is 2.45 bits per heavy atom. The highest BCUT2D eigenvalue weighted by Gasteiger charge is 2.17. The Bertz CT molecular complexity index is 937. The first-order chi connectivity index (χ1) is 13.9. The maximum Gasteiger partial charge on any atom is 0.261 e. The number of aryl methyl sites for hydroxylation is 1. The summed E-state index contributed by atoms with van der Waals surface area (Å²) >= 11 is 6.05. The average Bonchev–Trinajstić information content (AvgIpc) is 3.21. The van der Waals surface area contributed by atoms with Crippen molar-refractivity contribution in [1.29, 1.82) is 0 Å². The minimum atomic E-state index is -0.120. The Hall–Kier alpha value is -2.92. The van der Waals surface area contributed by atoms with E-state index in [4.69, 9.17) is 20.8 Å². The van der Waals surface area contributed by atoms with Gasteiger partial charge in [-0.25, -0.2) is 0 Å². The predicted molar refractivity (Wildman–Crippen MR) is 115 cm³/mol. The Balaban J connectivity index is 1.69. The van der Waals surface area contributed by atoms with Crippen LogP contribution in [0.4, 0.5) is 5.69 Å². The van der Waals surface area contributed by atoms with Gasteiger partial charge in [0, 0.05) is 31.4 Å². The third-order valence-electron chi connectivity index (χ3n) is 4.60. The van der Waals surface area contributed by atoms with Gasteiger partial charge in [0.15, 0.2) is 6.61 Å². The molecule has 0 spiro atoms. The summed E-state index contributed by atoms with van der Waals surface area (Å²) in [6.45, 7) is 2.69. The second kappa shape index (κ2) is 9.52. The molecule has 0 fully saturated rings. The minimum absolute atomic E-state index is 0.0580. The number of hydrogen-bond donors (Lipinski definition) is 0. The van der Waals surface area contributed by atoms with Gasteiger partial charge in [0.1, 0.15) is 11.5 Å². The van der Waals surface area contributed by atoms with Crippen LogP contribution in [0.1, 0.15) is 16.9 Å². The lowest BCUT2D eigenvalue weighted by molar-refractivity contribution is -0.134. The summed E-state index contributed by atoms with van der Waals surface area (Å²) in [6.07, 6.45) is 1.61. The fourth-order valence-corrected chi connectivity index (χ4v) is 3.00. The zero-order valence-electron chi connectivity index (χ0n) is 16.9. The van der Waals surface area contributed by atoms with Crippen molar-refractivity contribution < 1.29 is 13.9 Å². The van der Waals surface area contributed by atoms with Crippen molar-refractivity contribution in [2.75, 3.05) is 25.6 Å². The number of ether oxygens (including phenoxy) is 1. The number of anilines is 1. The van der Waals surface area contributed by atoms with Gasteiger partial charge < -0.3 is 19.0 Å². The van der Waals surface area contributed by atoms with E-state index in [1.54, 1.807) is 23.3 Å². The van der Waals surface area contributed by atoms with Crippen molar-refractivity contribution in [2.45, 2.75) is 20.0 Å². The molecule has 0 atom stereocenters. The van der Waals surface area contributed by atoms with Gasteiger partial charge in [0.05, 0.1) is 12.8 Å². The normalized spacial score (nSPS) is 10.6. The number of amides is 1.